The van der Waals surface area contributed by atoms with Gasteiger partial charge in [-0.15, -0.1) is 0 Å². The number of carbonyl (C=O) groups excluding carboxylic acids is 1. The summed E-state index contributed by atoms with van der Waals surface area (Å²) in [7, 11) is 3.24. The van der Waals surface area contributed by atoms with Gasteiger partial charge in [0, 0.05) is 31.8 Å². The average Bonchev–Trinajstić information content (AvgIpc) is 2.58. The number of carbonyl (C=O) groups is 1. The molecule has 7 heteroatoms. The number of nitrogens with zero attached hydrogens (tertiary/aromatic N) is 1. The highest BCUT2D eigenvalue weighted by molar-refractivity contribution is 5.94. The van der Waals surface area contributed by atoms with E-state index in [2.05, 4.69) is 20.9 Å². The molecule has 0 radical (unpaired) electrons. The Balaban J connectivity index is 2.46. The first-order valence-electron chi connectivity index (χ1n) is 8.06. The quantitative estimate of drug-likeness (QED) is 0.356. The molecule has 1 amide bonds. The highest BCUT2D eigenvalue weighted by atomic mass is 16.5. The first-order valence-corrected chi connectivity index (χ1v) is 8.06. The second-order valence-electron chi connectivity index (χ2n) is 5.25. The Bertz CT molecular complexity index is 534. The van der Waals surface area contributed by atoms with E-state index in [0.29, 0.717) is 37.0 Å². The molecule has 3 N–H and O–H groups in total. The molecule has 24 heavy (non-hydrogen) atoms. The van der Waals surface area contributed by atoms with Gasteiger partial charge in [0.25, 0.3) is 5.91 Å². The fourth-order valence-electron chi connectivity index (χ4n) is 2.05. The van der Waals surface area contributed by atoms with E-state index in [1.165, 1.54) is 0 Å². The zero-order valence-corrected chi connectivity index (χ0v) is 14.9. The molecule has 0 saturated heterocycles. The second kappa shape index (κ2) is 11.3. The third-order valence-corrected chi connectivity index (χ3v) is 3.14. The van der Waals surface area contributed by atoms with Crippen LogP contribution in [0.3, 0.4) is 0 Å². The van der Waals surface area contributed by atoms with Crippen molar-refractivity contribution in [3.05, 3.63) is 29.8 Å². The first-order chi connectivity index (χ1) is 11.6. The van der Waals surface area contributed by atoms with Crippen LogP contribution in [0.15, 0.2) is 29.3 Å². The van der Waals surface area contributed by atoms with Crippen molar-refractivity contribution >= 4 is 11.9 Å². The van der Waals surface area contributed by atoms with Crippen LogP contribution < -0.4 is 20.7 Å². The van der Waals surface area contributed by atoms with Crippen LogP contribution in [0.25, 0.3) is 0 Å². The van der Waals surface area contributed by atoms with E-state index in [0.717, 1.165) is 6.54 Å². The van der Waals surface area contributed by atoms with Gasteiger partial charge in [0.05, 0.1) is 20.3 Å². The fraction of sp³-hybridized carbons (Fsp3) is 0.529. The maximum atomic E-state index is 12.1. The van der Waals surface area contributed by atoms with E-state index in [-0.39, 0.29) is 11.9 Å². The number of methoxy groups -OCH3 is 2. The van der Waals surface area contributed by atoms with Gasteiger partial charge in [0.1, 0.15) is 5.75 Å². The van der Waals surface area contributed by atoms with Crippen LogP contribution in [0, 0.1) is 0 Å². The van der Waals surface area contributed by atoms with Crippen molar-refractivity contribution in [2.24, 2.45) is 4.99 Å². The van der Waals surface area contributed by atoms with Crippen molar-refractivity contribution in [1.82, 2.24) is 16.0 Å². The molecule has 7 nitrogen and oxygen atoms in total. The largest absolute Gasteiger partial charge is 0.497 e. The lowest BCUT2D eigenvalue weighted by atomic mass is 10.2. The van der Waals surface area contributed by atoms with Gasteiger partial charge in [-0.2, -0.15) is 0 Å². The topological polar surface area (TPSA) is 84.0 Å². The van der Waals surface area contributed by atoms with E-state index in [9.17, 15) is 4.79 Å². The van der Waals surface area contributed by atoms with Gasteiger partial charge in [-0.25, -0.2) is 0 Å². The summed E-state index contributed by atoms with van der Waals surface area (Å²) in [6.45, 7) is 6.30. The predicted octanol–water partition coefficient (Wildman–Crippen LogP) is 1.02. The molecule has 1 atom stereocenters. The Labute approximate surface area is 143 Å². The molecule has 0 aliphatic carbocycles. The Hall–Kier alpha value is -2.28. The number of ether oxygens (including phenoxy) is 2. The molecule has 0 bridgehead atoms. The van der Waals surface area contributed by atoms with Crippen LogP contribution >= 0.6 is 0 Å². The second-order valence-corrected chi connectivity index (χ2v) is 5.25. The van der Waals surface area contributed by atoms with E-state index < -0.39 is 0 Å². The minimum atomic E-state index is -0.144. The van der Waals surface area contributed by atoms with Gasteiger partial charge < -0.3 is 25.4 Å². The van der Waals surface area contributed by atoms with Crippen LogP contribution in [-0.4, -0.2) is 58.4 Å². The number of benzene rings is 1. The summed E-state index contributed by atoms with van der Waals surface area (Å²) in [6.07, 6.45) is 0. The number of amides is 1. The minimum absolute atomic E-state index is 0.144. The monoisotopic (exact) mass is 336 g/mol. The molecule has 0 aromatic heterocycles. The standard InChI is InChI=1S/C17H28N4O3/c1-5-18-17(21-13(2)12-23-3)20-10-9-19-16(22)14-7-6-8-15(11-14)24-4/h6-8,11,13H,5,9-10,12H2,1-4H3,(H,19,22)(H2,18,20,21). The fourth-order valence-corrected chi connectivity index (χ4v) is 2.05. The van der Waals surface area contributed by atoms with Gasteiger partial charge in [0.2, 0.25) is 0 Å². The van der Waals surface area contributed by atoms with E-state index in [1.807, 2.05) is 13.8 Å². The van der Waals surface area contributed by atoms with Crippen molar-refractivity contribution in [3.63, 3.8) is 0 Å². The smallest absolute Gasteiger partial charge is 0.251 e. The molecule has 1 aromatic rings. The van der Waals surface area contributed by atoms with Crippen molar-refractivity contribution in [1.29, 1.82) is 0 Å². The van der Waals surface area contributed by atoms with E-state index in [1.54, 1.807) is 38.5 Å². The number of rotatable bonds is 9. The third-order valence-electron chi connectivity index (χ3n) is 3.14. The molecule has 1 rings (SSSR count). The third kappa shape index (κ3) is 7.32. The summed E-state index contributed by atoms with van der Waals surface area (Å²) in [4.78, 5) is 16.5. The van der Waals surface area contributed by atoms with Crippen molar-refractivity contribution in [2.75, 3.05) is 40.5 Å². The molecule has 1 aromatic carbocycles. The molecule has 0 fully saturated rings. The number of hydrogen-bond acceptors (Lipinski definition) is 4. The summed E-state index contributed by atoms with van der Waals surface area (Å²) in [5.41, 5.74) is 0.567. The van der Waals surface area contributed by atoms with Gasteiger partial charge in [-0.05, 0) is 32.0 Å². The van der Waals surface area contributed by atoms with Crippen LogP contribution in [0.1, 0.15) is 24.2 Å². The molecule has 0 aliphatic rings. The van der Waals surface area contributed by atoms with Gasteiger partial charge >= 0.3 is 0 Å². The van der Waals surface area contributed by atoms with Gasteiger partial charge in [-0.3, -0.25) is 9.79 Å². The van der Waals surface area contributed by atoms with Crippen LogP contribution in [0.2, 0.25) is 0 Å². The molecular formula is C17H28N4O3. The highest BCUT2D eigenvalue weighted by Crippen LogP contribution is 2.12. The number of hydrogen-bond donors (Lipinski definition) is 3. The normalized spacial score (nSPS) is 12.4. The lowest BCUT2D eigenvalue weighted by molar-refractivity contribution is 0.0954. The Morgan fingerprint density at radius 3 is 2.75 bits per heavy atom. The Morgan fingerprint density at radius 1 is 1.29 bits per heavy atom. The summed E-state index contributed by atoms with van der Waals surface area (Å²) in [6, 6.07) is 7.20. The Kier molecular flexibility index (Phi) is 9.29. The van der Waals surface area contributed by atoms with Crippen molar-refractivity contribution in [3.8, 4) is 5.75 Å². The molecule has 0 saturated carbocycles. The Morgan fingerprint density at radius 2 is 2.08 bits per heavy atom. The lowest BCUT2D eigenvalue weighted by Crippen LogP contribution is -2.44. The van der Waals surface area contributed by atoms with Crippen LogP contribution in [-0.2, 0) is 4.74 Å². The summed E-state index contributed by atoms with van der Waals surface area (Å²) < 4.78 is 10.2. The molecule has 134 valence electrons. The highest BCUT2D eigenvalue weighted by Gasteiger charge is 2.06. The van der Waals surface area contributed by atoms with Crippen molar-refractivity contribution < 1.29 is 14.3 Å². The molecule has 0 aliphatic heterocycles. The predicted molar refractivity (Wildman–Crippen MR) is 95.8 cm³/mol. The SMILES string of the molecule is CCNC(=NCCNC(=O)c1cccc(OC)c1)NC(C)COC. The summed E-state index contributed by atoms with van der Waals surface area (Å²) >= 11 is 0. The lowest BCUT2D eigenvalue weighted by Gasteiger charge is -2.17. The number of aliphatic imine (C=N–C) groups is 1. The zero-order valence-electron chi connectivity index (χ0n) is 14.9. The first kappa shape index (κ1) is 19.8. The summed E-state index contributed by atoms with van der Waals surface area (Å²) in [5.74, 6) is 1.22. The minimum Gasteiger partial charge on any atom is -0.497 e. The maximum Gasteiger partial charge on any atom is 0.251 e. The molecular weight excluding hydrogens is 308 g/mol. The maximum absolute atomic E-state index is 12.1. The van der Waals surface area contributed by atoms with Crippen LogP contribution in [0.5, 0.6) is 5.75 Å². The van der Waals surface area contributed by atoms with E-state index in [4.69, 9.17) is 9.47 Å². The summed E-state index contributed by atoms with van der Waals surface area (Å²) in [5, 5.41) is 9.24. The molecule has 0 heterocycles. The van der Waals surface area contributed by atoms with E-state index >= 15 is 0 Å². The zero-order chi connectivity index (χ0) is 17.8. The number of guanidine groups is 1. The van der Waals surface area contributed by atoms with Crippen LogP contribution in [0.4, 0.5) is 0 Å². The van der Waals surface area contributed by atoms with Gasteiger partial charge in [-0.1, -0.05) is 6.07 Å². The number of nitrogens with one attached hydrogen (secondary N) is 3. The molecule has 1 unspecified atom stereocenters. The van der Waals surface area contributed by atoms with Crippen molar-refractivity contribution in [2.45, 2.75) is 19.9 Å². The molecule has 0 spiro atoms. The average molecular weight is 336 g/mol. The van der Waals surface area contributed by atoms with Gasteiger partial charge in [0.15, 0.2) is 5.96 Å².